The molecule has 5 nitrogen and oxygen atoms in total. The number of nitrogens with one attached hydrogen (secondary N) is 1. The van der Waals surface area contributed by atoms with Crippen LogP contribution in [0.4, 0.5) is 0 Å². The van der Waals surface area contributed by atoms with Gasteiger partial charge in [-0.25, -0.2) is 4.79 Å². The van der Waals surface area contributed by atoms with Crippen molar-refractivity contribution in [2.24, 2.45) is 0 Å². The Hall–Kier alpha value is -2.99. The van der Waals surface area contributed by atoms with Gasteiger partial charge in [0.2, 0.25) is 0 Å². The van der Waals surface area contributed by atoms with Crippen LogP contribution in [-0.2, 0) is 16.1 Å². The minimum absolute atomic E-state index is 0.153. The molecule has 156 valence electrons. The zero-order chi connectivity index (χ0) is 21.3. The minimum atomic E-state index is -0.732. The van der Waals surface area contributed by atoms with Crippen LogP contribution in [0.3, 0.4) is 0 Å². The fourth-order valence-corrected chi connectivity index (χ4v) is 3.69. The van der Waals surface area contributed by atoms with Crippen LogP contribution < -0.4 is 10.1 Å². The third-order valence-electron chi connectivity index (χ3n) is 4.80. The third-order valence-corrected chi connectivity index (χ3v) is 5.45. The number of rotatable bonds is 9. The molecule has 0 bridgehead atoms. The molecule has 1 amide bonds. The smallest absolute Gasteiger partial charge is 0.329 e. The molecular weight excluding hydrogens is 398 g/mol. The highest BCUT2D eigenvalue weighted by Crippen LogP contribution is 2.20. The van der Waals surface area contributed by atoms with Crippen molar-refractivity contribution in [3.63, 3.8) is 0 Å². The Morgan fingerprint density at radius 1 is 1.00 bits per heavy atom. The van der Waals surface area contributed by atoms with Crippen molar-refractivity contribution < 1.29 is 19.1 Å². The normalized spacial score (nSPS) is 11.7. The Bertz CT molecular complexity index is 1020. The molecule has 6 heteroatoms. The zero-order valence-electron chi connectivity index (χ0n) is 17.1. The Balaban J connectivity index is 1.71. The average Bonchev–Trinajstić information content (AvgIpc) is 2.79. The maximum absolute atomic E-state index is 12.8. The summed E-state index contributed by atoms with van der Waals surface area (Å²) < 4.78 is 10.8. The number of fused-ring (bicyclic) bond motifs is 1. The Morgan fingerprint density at radius 2 is 1.73 bits per heavy atom. The van der Waals surface area contributed by atoms with Gasteiger partial charge in [0.25, 0.3) is 5.91 Å². The molecule has 0 fully saturated rings. The molecule has 0 heterocycles. The topological polar surface area (TPSA) is 64.6 Å². The van der Waals surface area contributed by atoms with Gasteiger partial charge in [0.05, 0.1) is 12.7 Å². The second-order valence-corrected chi connectivity index (χ2v) is 7.74. The van der Waals surface area contributed by atoms with Gasteiger partial charge in [0.1, 0.15) is 18.4 Å². The Morgan fingerprint density at radius 3 is 2.53 bits per heavy atom. The van der Waals surface area contributed by atoms with Crippen LogP contribution in [-0.4, -0.2) is 37.0 Å². The third kappa shape index (κ3) is 5.33. The van der Waals surface area contributed by atoms with E-state index in [1.54, 1.807) is 36.0 Å². The van der Waals surface area contributed by atoms with Crippen molar-refractivity contribution in [2.75, 3.05) is 19.1 Å². The van der Waals surface area contributed by atoms with Crippen LogP contribution in [0.1, 0.15) is 22.3 Å². The predicted molar refractivity (Wildman–Crippen MR) is 121 cm³/mol. The van der Waals surface area contributed by atoms with Gasteiger partial charge >= 0.3 is 5.97 Å². The van der Waals surface area contributed by atoms with Gasteiger partial charge in [0, 0.05) is 0 Å². The summed E-state index contributed by atoms with van der Waals surface area (Å²) in [7, 11) is 1.51. The first-order valence-corrected chi connectivity index (χ1v) is 11.1. The summed E-state index contributed by atoms with van der Waals surface area (Å²) in [4.78, 5) is 25.5. The number of para-hydroxylation sites is 1. The monoisotopic (exact) mass is 423 g/mol. The van der Waals surface area contributed by atoms with Crippen LogP contribution in [0.15, 0.2) is 66.7 Å². The molecule has 0 saturated carbocycles. The van der Waals surface area contributed by atoms with Crippen molar-refractivity contribution in [3.05, 3.63) is 77.9 Å². The molecule has 0 aliphatic rings. The molecule has 30 heavy (non-hydrogen) atoms. The number of carbonyl (C=O) groups excluding carboxylic acids is 2. The average molecular weight is 424 g/mol. The van der Waals surface area contributed by atoms with Crippen molar-refractivity contribution in [1.82, 2.24) is 5.32 Å². The number of amides is 1. The van der Waals surface area contributed by atoms with Crippen LogP contribution >= 0.6 is 11.8 Å². The van der Waals surface area contributed by atoms with E-state index < -0.39 is 12.0 Å². The first kappa shape index (κ1) is 21.7. The van der Waals surface area contributed by atoms with Crippen molar-refractivity contribution in [2.45, 2.75) is 19.1 Å². The van der Waals surface area contributed by atoms with E-state index in [0.29, 0.717) is 17.7 Å². The van der Waals surface area contributed by atoms with Crippen LogP contribution in [0, 0.1) is 0 Å². The molecule has 3 rings (SSSR count). The number of carbonyl (C=O) groups is 2. The number of esters is 1. The molecule has 0 spiro atoms. The van der Waals surface area contributed by atoms with Crippen molar-refractivity contribution in [1.29, 1.82) is 0 Å². The van der Waals surface area contributed by atoms with E-state index in [-0.39, 0.29) is 12.5 Å². The first-order chi connectivity index (χ1) is 14.6. The molecule has 3 aromatic carbocycles. The predicted octanol–water partition coefficient (Wildman–Crippen LogP) is 4.44. The molecule has 0 saturated heterocycles. The molecule has 0 aliphatic carbocycles. The summed E-state index contributed by atoms with van der Waals surface area (Å²) in [6, 6.07) is 20.1. The molecule has 0 aromatic heterocycles. The molecular formula is C24H25NO4S. The zero-order valence-corrected chi connectivity index (χ0v) is 17.9. The first-order valence-electron chi connectivity index (χ1n) is 9.70. The second kappa shape index (κ2) is 10.7. The van der Waals surface area contributed by atoms with Gasteiger partial charge in [-0.3, -0.25) is 4.79 Å². The van der Waals surface area contributed by atoms with E-state index in [0.717, 1.165) is 22.1 Å². The largest absolute Gasteiger partial charge is 0.496 e. The Labute approximate surface area is 180 Å². The maximum Gasteiger partial charge on any atom is 0.329 e. The standard InChI is InChI=1S/C24H25NO4S/c1-28-22-13-6-5-12-20(22)23(26)25-21(14-15-30-2)24(27)29-16-18-10-7-9-17-8-3-4-11-19(17)18/h3-13,21H,14-16H2,1-2H3,(H,25,26)/t21-/m1/s1. The molecule has 0 unspecified atom stereocenters. The highest BCUT2D eigenvalue weighted by Gasteiger charge is 2.24. The SMILES string of the molecule is COc1ccccc1C(=O)N[C@H](CCSC)C(=O)OCc1cccc2ccccc12. The number of methoxy groups -OCH3 is 1. The van der Waals surface area contributed by atoms with Gasteiger partial charge < -0.3 is 14.8 Å². The van der Waals surface area contributed by atoms with Crippen molar-refractivity contribution >= 4 is 34.4 Å². The molecule has 3 aromatic rings. The molecule has 1 N–H and O–H groups in total. The van der Waals surface area contributed by atoms with Gasteiger partial charge in [-0.1, -0.05) is 54.6 Å². The summed E-state index contributed by atoms with van der Waals surface area (Å²) >= 11 is 1.61. The van der Waals surface area contributed by atoms with Crippen LogP contribution in [0.2, 0.25) is 0 Å². The maximum atomic E-state index is 12.8. The van der Waals surface area contributed by atoms with Gasteiger partial charge in [-0.05, 0) is 46.9 Å². The number of benzene rings is 3. The van der Waals surface area contributed by atoms with Gasteiger partial charge in [-0.15, -0.1) is 0 Å². The van der Waals surface area contributed by atoms with Crippen LogP contribution in [0.25, 0.3) is 10.8 Å². The lowest BCUT2D eigenvalue weighted by molar-refractivity contribution is -0.147. The van der Waals surface area contributed by atoms with Gasteiger partial charge in [-0.2, -0.15) is 11.8 Å². The fourth-order valence-electron chi connectivity index (χ4n) is 3.22. The number of thioether (sulfide) groups is 1. The highest BCUT2D eigenvalue weighted by atomic mass is 32.2. The van der Waals surface area contributed by atoms with E-state index in [1.807, 2.05) is 48.7 Å². The van der Waals surface area contributed by atoms with Crippen molar-refractivity contribution in [3.8, 4) is 5.75 Å². The summed E-state index contributed by atoms with van der Waals surface area (Å²) in [5.41, 5.74) is 1.32. The van der Waals surface area contributed by atoms with Gasteiger partial charge in [0.15, 0.2) is 0 Å². The molecule has 0 radical (unpaired) electrons. The lowest BCUT2D eigenvalue weighted by atomic mass is 10.1. The summed E-state index contributed by atoms with van der Waals surface area (Å²) in [5, 5.41) is 4.95. The van der Waals surface area contributed by atoms with E-state index >= 15 is 0 Å². The summed E-state index contributed by atoms with van der Waals surface area (Å²) in [6.07, 6.45) is 2.44. The second-order valence-electron chi connectivity index (χ2n) is 6.75. The quantitative estimate of drug-likeness (QED) is 0.516. The molecule has 1 atom stereocenters. The number of ether oxygens (including phenoxy) is 2. The number of hydrogen-bond acceptors (Lipinski definition) is 5. The highest BCUT2D eigenvalue weighted by molar-refractivity contribution is 7.98. The fraction of sp³-hybridized carbons (Fsp3) is 0.250. The molecule has 0 aliphatic heterocycles. The minimum Gasteiger partial charge on any atom is -0.496 e. The lowest BCUT2D eigenvalue weighted by Crippen LogP contribution is -2.42. The lowest BCUT2D eigenvalue weighted by Gasteiger charge is -2.18. The van der Waals surface area contributed by atoms with E-state index in [4.69, 9.17) is 9.47 Å². The summed E-state index contributed by atoms with van der Waals surface area (Å²) in [6.45, 7) is 0.153. The van der Waals surface area contributed by atoms with E-state index in [1.165, 1.54) is 7.11 Å². The Kier molecular flexibility index (Phi) is 7.74. The van der Waals surface area contributed by atoms with E-state index in [2.05, 4.69) is 5.32 Å². The number of hydrogen-bond donors (Lipinski definition) is 1. The van der Waals surface area contributed by atoms with E-state index in [9.17, 15) is 9.59 Å². The summed E-state index contributed by atoms with van der Waals surface area (Å²) in [5.74, 6) is 0.379. The van der Waals surface area contributed by atoms with Crippen LogP contribution in [0.5, 0.6) is 5.75 Å².